The fourth-order valence-electron chi connectivity index (χ4n) is 2.17. The molecule has 3 rings (SSSR count). The topological polar surface area (TPSA) is 76.4 Å². The fourth-order valence-corrected chi connectivity index (χ4v) is 2.64. The first-order valence-corrected chi connectivity index (χ1v) is 6.27. The van der Waals surface area contributed by atoms with E-state index in [1.165, 1.54) is 0 Å². The van der Waals surface area contributed by atoms with Crippen molar-refractivity contribution in [2.75, 3.05) is 0 Å². The van der Waals surface area contributed by atoms with Crippen LogP contribution in [0, 0.1) is 0 Å². The number of carbonyl (C=O) groups is 2. The Balaban J connectivity index is 2.11. The van der Waals surface area contributed by atoms with Gasteiger partial charge >= 0.3 is 0 Å². The summed E-state index contributed by atoms with van der Waals surface area (Å²) in [6, 6.07) is 1.85. The zero-order valence-electron chi connectivity index (χ0n) is 9.26. The van der Waals surface area contributed by atoms with E-state index in [-0.39, 0.29) is 17.7 Å². The largest absolute Gasteiger partial charge is 0.296 e. The van der Waals surface area contributed by atoms with Crippen molar-refractivity contribution in [1.82, 2.24) is 19.9 Å². The lowest BCUT2D eigenvalue weighted by atomic mass is 9.91. The Bertz CT molecular complexity index is 652. The second-order valence-electron chi connectivity index (χ2n) is 4.18. The lowest BCUT2D eigenvalue weighted by molar-refractivity contribution is -0.134. The van der Waals surface area contributed by atoms with Crippen LogP contribution in [0.3, 0.4) is 0 Å². The molecule has 1 aliphatic heterocycles. The van der Waals surface area contributed by atoms with E-state index >= 15 is 0 Å². The van der Waals surface area contributed by atoms with Crippen LogP contribution in [0.1, 0.15) is 24.3 Å². The number of hydrogen-bond donors (Lipinski definition) is 1. The van der Waals surface area contributed by atoms with Crippen molar-refractivity contribution >= 4 is 33.4 Å². The first kappa shape index (κ1) is 11.3. The van der Waals surface area contributed by atoms with Crippen LogP contribution in [0.5, 0.6) is 0 Å². The van der Waals surface area contributed by atoms with Crippen LogP contribution in [0.4, 0.5) is 0 Å². The van der Waals surface area contributed by atoms with Crippen molar-refractivity contribution in [3.05, 3.63) is 28.6 Å². The molecule has 1 saturated heterocycles. The number of amides is 2. The summed E-state index contributed by atoms with van der Waals surface area (Å²) in [6.45, 7) is 0. The molecule has 2 aromatic rings. The molecular formula is C11H9BrN4O2. The number of fused-ring (bicyclic) bond motifs is 1. The summed E-state index contributed by atoms with van der Waals surface area (Å²) in [5, 5.41) is 10.2. The van der Waals surface area contributed by atoms with Gasteiger partial charge in [0.25, 0.3) is 0 Å². The number of piperidine rings is 1. The molecule has 6 nitrogen and oxygen atoms in total. The van der Waals surface area contributed by atoms with E-state index < -0.39 is 0 Å². The Morgan fingerprint density at radius 1 is 1.44 bits per heavy atom. The number of aromatic nitrogens is 3. The maximum absolute atomic E-state index is 11.9. The highest BCUT2D eigenvalue weighted by molar-refractivity contribution is 9.10. The molecule has 7 heteroatoms. The summed E-state index contributed by atoms with van der Waals surface area (Å²) in [6.07, 6.45) is 4.26. The zero-order chi connectivity index (χ0) is 12.7. The smallest absolute Gasteiger partial charge is 0.234 e. The monoisotopic (exact) mass is 308 g/mol. The molecule has 3 heterocycles. The van der Waals surface area contributed by atoms with Gasteiger partial charge in [-0.15, -0.1) is 10.2 Å². The molecule has 0 spiro atoms. The fraction of sp³-hybridized carbons (Fsp3) is 0.273. The van der Waals surface area contributed by atoms with Crippen LogP contribution >= 0.6 is 15.9 Å². The number of imide groups is 1. The average molecular weight is 309 g/mol. The van der Waals surface area contributed by atoms with Gasteiger partial charge in [-0.1, -0.05) is 0 Å². The number of carbonyl (C=O) groups excluding carboxylic acids is 2. The van der Waals surface area contributed by atoms with Gasteiger partial charge in [0.05, 0.1) is 5.92 Å². The van der Waals surface area contributed by atoms with Crippen molar-refractivity contribution in [1.29, 1.82) is 0 Å². The zero-order valence-corrected chi connectivity index (χ0v) is 10.8. The predicted molar refractivity (Wildman–Crippen MR) is 65.8 cm³/mol. The van der Waals surface area contributed by atoms with Crippen LogP contribution in [0.2, 0.25) is 0 Å². The van der Waals surface area contributed by atoms with Crippen molar-refractivity contribution in [3.8, 4) is 0 Å². The molecule has 1 fully saturated rings. The third-order valence-corrected chi connectivity index (χ3v) is 3.44. The van der Waals surface area contributed by atoms with Gasteiger partial charge in [-0.2, -0.15) is 0 Å². The van der Waals surface area contributed by atoms with E-state index in [1.807, 2.05) is 12.3 Å². The number of rotatable bonds is 1. The summed E-state index contributed by atoms with van der Waals surface area (Å²) in [7, 11) is 0. The average Bonchev–Trinajstić information content (AvgIpc) is 2.76. The molecular weight excluding hydrogens is 300 g/mol. The van der Waals surface area contributed by atoms with Gasteiger partial charge in [-0.05, 0) is 28.4 Å². The molecule has 1 N–H and O–H groups in total. The highest BCUT2D eigenvalue weighted by Gasteiger charge is 2.30. The van der Waals surface area contributed by atoms with E-state index in [1.54, 1.807) is 10.7 Å². The number of nitrogens with zero attached hydrogens (tertiary/aromatic N) is 3. The second-order valence-corrected chi connectivity index (χ2v) is 5.09. The highest BCUT2D eigenvalue weighted by Crippen LogP contribution is 2.29. The van der Waals surface area contributed by atoms with Crippen LogP contribution < -0.4 is 5.32 Å². The minimum absolute atomic E-state index is 0.219. The number of halogens is 1. The van der Waals surface area contributed by atoms with Gasteiger partial charge in [0.1, 0.15) is 6.33 Å². The van der Waals surface area contributed by atoms with Crippen LogP contribution in [0.15, 0.2) is 23.1 Å². The summed E-state index contributed by atoms with van der Waals surface area (Å²) in [5.41, 5.74) is 1.43. The van der Waals surface area contributed by atoms with Gasteiger partial charge in [0.15, 0.2) is 5.65 Å². The summed E-state index contributed by atoms with van der Waals surface area (Å²) in [5.74, 6) is -0.843. The van der Waals surface area contributed by atoms with Crippen molar-refractivity contribution in [3.63, 3.8) is 0 Å². The van der Waals surface area contributed by atoms with Gasteiger partial charge in [-0.25, -0.2) is 0 Å². The lowest BCUT2D eigenvalue weighted by Gasteiger charge is -2.21. The number of nitrogens with one attached hydrogen (secondary N) is 1. The molecule has 0 aliphatic carbocycles. The van der Waals surface area contributed by atoms with E-state index in [2.05, 4.69) is 31.4 Å². The highest BCUT2D eigenvalue weighted by atomic mass is 79.9. The van der Waals surface area contributed by atoms with Crippen LogP contribution in [-0.4, -0.2) is 26.4 Å². The van der Waals surface area contributed by atoms with Crippen LogP contribution in [-0.2, 0) is 9.59 Å². The van der Waals surface area contributed by atoms with E-state index in [0.717, 1.165) is 10.0 Å². The molecule has 0 saturated carbocycles. The van der Waals surface area contributed by atoms with Gasteiger partial charge < -0.3 is 0 Å². The van der Waals surface area contributed by atoms with E-state index in [4.69, 9.17) is 0 Å². The Hall–Kier alpha value is -1.76. The third kappa shape index (κ3) is 1.80. The lowest BCUT2D eigenvalue weighted by Crippen LogP contribution is -2.39. The van der Waals surface area contributed by atoms with Crippen LogP contribution in [0.25, 0.3) is 5.65 Å². The molecule has 0 bridgehead atoms. The molecule has 1 atom stereocenters. The first-order valence-electron chi connectivity index (χ1n) is 5.47. The second kappa shape index (κ2) is 4.16. The quantitative estimate of drug-likeness (QED) is 0.798. The molecule has 18 heavy (non-hydrogen) atoms. The van der Waals surface area contributed by atoms with Gasteiger partial charge in [0, 0.05) is 22.7 Å². The van der Waals surface area contributed by atoms with Crippen molar-refractivity contribution < 1.29 is 9.59 Å². The Morgan fingerprint density at radius 3 is 3.06 bits per heavy atom. The molecule has 2 amide bonds. The minimum Gasteiger partial charge on any atom is -0.296 e. The molecule has 0 radical (unpaired) electrons. The van der Waals surface area contributed by atoms with Crippen molar-refractivity contribution in [2.24, 2.45) is 0 Å². The number of pyridine rings is 1. The summed E-state index contributed by atoms with van der Waals surface area (Å²) < 4.78 is 2.60. The van der Waals surface area contributed by atoms with Crippen molar-refractivity contribution in [2.45, 2.75) is 18.8 Å². The van der Waals surface area contributed by atoms with Gasteiger partial charge in [0.2, 0.25) is 11.8 Å². The molecule has 1 unspecified atom stereocenters. The normalized spacial score (nSPS) is 20.2. The molecule has 2 aromatic heterocycles. The minimum atomic E-state index is -0.355. The predicted octanol–water partition coefficient (Wildman–Crippen LogP) is 1.01. The first-order chi connectivity index (χ1) is 8.65. The Morgan fingerprint density at radius 2 is 2.28 bits per heavy atom. The van der Waals surface area contributed by atoms with Gasteiger partial charge in [-0.3, -0.25) is 19.3 Å². The summed E-state index contributed by atoms with van der Waals surface area (Å²) in [4.78, 5) is 23.0. The van der Waals surface area contributed by atoms with E-state index in [9.17, 15) is 9.59 Å². The number of hydrogen-bond acceptors (Lipinski definition) is 4. The molecule has 92 valence electrons. The third-order valence-electron chi connectivity index (χ3n) is 3.00. The maximum atomic E-state index is 11.9. The Labute approximate surface area is 111 Å². The standard InChI is InChI=1S/C11H9BrN4O2/c12-6-3-8(10-15-13-5-16(10)4-6)7-1-2-9(17)14-11(7)18/h3-5,7H,1-2H2,(H,14,17,18). The Kier molecular flexibility index (Phi) is 2.62. The van der Waals surface area contributed by atoms with E-state index in [0.29, 0.717) is 18.5 Å². The maximum Gasteiger partial charge on any atom is 0.234 e. The molecule has 1 aliphatic rings. The summed E-state index contributed by atoms with van der Waals surface area (Å²) >= 11 is 3.39. The SMILES string of the molecule is O=C1CCC(c2cc(Br)cn3cnnc23)C(=O)N1. The molecule has 0 aromatic carbocycles.